The third kappa shape index (κ3) is 1.55. The van der Waals surface area contributed by atoms with Crippen LogP contribution in [0, 0.1) is 16.7 Å². The fourth-order valence-corrected chi connectivity index (χ4v) is 2.09. The molecule has 0 spiro atoms. The number of hydrogen-bond acceptors (Lipinski definition) is 1. The largest absolute Gasteiger partial charge is 0.299 e. The van der Waals surface area contributed by atoms with Crippen LogP contribution in [0.4, 0.5) is 0 Å². The van der Waals surface area contributed by atoms with Crippen LogP contribution in [0.5, 0.6) is 0 Å². The number of ketones is 1. The lowest BCUT2D eigenvalue weighted by atomic mass is 9.60. The van der Waals surface area contributed by atoms with Crippen LogP contribution in [-0.4, -0.2) is 5.78 Å². The number of carbonyl (C=O) groups excluding carboxylic acids is 1. The van der Waals surface area contributed by atoms with E-state index in [-0.39, 0.29) is 10.8 Å². The van der Waals surface area contributed by atoms with E-state index >= 15 is 0 Å². The van der Waals surface area contributed by atoms with E-state index in [1.54, 1.807) is 0 Å². The van der Waals surface area contributed by atoms with Gasteiger partial charge in [-0.25, -0.2) is 0 Å². The van der Waals surface area contributed by atoms with E-state index in [4.69, 9.17) is 0 Å². The van der Waals surface area contributed by atoms with Crippen molar-refractivity contribution in [3.8, 4) is 0 Å². The second kappa shape index (κ2) is 2.58. The molecular formula is C11H20O. The second-order valence-corrected chi connectivity index (χ2v) is 5.59. The summed E-state index contributed by atoms with van der Waals surface area (Å²) in [7, 11) is 0. The Morgan fingerprint density at radius 2 is 1.75 bits per heavy atom. The lowest BCUT2D eigenvalue weighted by molar-refractivity contribution is -0.136. The first kappa shape index (κ1) is 9.76. The van der Waals surface area contributed by atoms with E-state index < -0.39 is 0 Å². The predicted octanol–water partition coefficient (Wildman–Crippen LogP) is 3.04. The molecule has 1 rings (SSSR count). The van der Waals surface area contributed by atoms with Gasteiger partial charge in [0, 0.05) is 11.8 Å². The van der Waals surface area contributed by atoms with Crippen molar-refractivity contribution in [2.75, 3.05) is 0 Å². The molecule has 0 heterocycles. The minimum atomic E-state index is -0.0878. The molecule has 0 radical (unpaired) electrons. The molecule has 0 N–H and O–H groups in total. The van der Waals surface area contributed by atoms with Gasteiger partial charge < -0.3 is 0 Å². The minimum absolute atomic E-state index is 0.0878. The summed E-state index contributed by atoms with van der Waals surface area (Å²) in [5.74, 6) is 0.958. The third-order valence-corrected chi connectivity index (χ3v) is 3.45. The van der Waals surface area contributed by atoms with Gasteiger partial charge in [-0.15, -0.1) is 0 Å². The molecule has 0 bridgehead atoms. The van der Waals surface area contributed by atoms with Crippen molar-refractivity contribution >= 4 is 5.78 Å². The van der Waals surface area contributed by atoms with Crippen LogP contribution in [0.2, 0.25) is 0 Å². The Balaban J connectivity index is 2.85. The zero-order valence-electron chi connectivity index (χ0n) is 8.90. The molecule has 0 amide bonds. The zero-order chi connectivity index (χ0) is 9.57. The van der Waals surface area contributed by atoms with Gasteiger partial charge in [0.25, 0.3) is 0 Å². The summed E-state index contributed by atoms with van der Waals surface area (Å²) >= 11 is 0. The molecule has 1 fully saturated rings. The molecule has 1 atom stereocenters. The van der Waals surface area contributed by atoms with E-state index in [2.05, 4.69) is 34.6 Å². The molecular weight excluding hydrogens is 148 g/mol. The molecule has 1 aliphatic rings. The molecule has 1 saturated carbocycles. The maximum atomic E-state index is 11.7. The third-order valence-electron chi connectivity index (χ3n) is 3.45. The smallest absolute Gasteiger partial charge is 0.139 e. The van der Waals surface area contributed by atoms with Crippen LogP contribution in [-0.2, 0) is 4.79 Å². The topological polar surface area (TPSA) is 17.1 Å². The average molecular weight is 168 g/mol. The van der Waals surface area contributed by atoms with E-state index in [0.29, 0.717) is 11.7 Å². The molecule has 1 nitrogen and oxygen atoms in total. The first-order valence-electron chi connectivity index (χ1n) is 4.79. The normalized spacial score (nSPS) is 33.4. The lowest BCUT2D eigenvalue weighted by Crippen LogP contribution is -2.42. The van der Waals surface area contributed by atoms with Gasteiger partial charge in [-0.1, -0.05) is 34.6 Å². The fourth-order valence-electron chi connectivity index (χ4n) is 2.09. The van der Waals surface area contributed by atoms with Gasteiger partial charge in [0.1, 0.15) is 5.78 Å². The highest BCUT2D eigenvalue weighted by molar-refractivity contribution is 5.85. The molecule has 0 aromatic carbocycles. The molecule has 70 valence electrons. The monoisotopic (exact) mass is 168 g/mol. The van der Waals surface area contributed by atoms with Crippen molar-refractivity contribution in [2.24, 2.45) is 16.7 Å². The zero-order valence-corrected chi connectivity index (χ0v) is 8.90. The summed E-state index contributed by atoms with van der Waals surface area (Å²) in [5.41, 5.74) is 0.140. The molecule has 0 aliphatic heterocycles. The van der Waals surface area contributed by atoms with Crippen LogP contribution >= 0.6 is 0 Å². The van der Waals surface area contributed by atoms with Crippen molar-refractivity contribution in [2.45, 2.75) is 47.5 Å². The SMILES string of the molecule is CC1CC(C)(C)CC(=O)C1(C)C. The van der Waals surface area contributed by atoms with E-state index in [0.717, 1.165) is 6.42 Å². The maximum Gasteiger partial charge on any atom is 0.139 e. The lowest BCUT2D eigenvalue weighted by Gasteiger charge is -2.43. The van der Waals surface area contributed by atoms with Gasteiger partial charge in [0.15, 0.2) is 0 Å². The standard InChI is InChI=1S/C11H20O/c1-8-6-10(2,3)7-9(12)11(8,4)5/h8H,6-7H2,1-5H3. The number of Topliss-reactive ketones (excluding diaryl/α,β-unsaturated/α-hetero) is 1. The maximum absolute atomic E-state index is 11.7. The highest BCUT2D eigenvalue weighted by Crippen LogP contribution is 2.45. The van der Waals surface area contributed by atoms with Crippen molar-refractivity contribution in [1.29, 1.82) is 0 Å². The molecule has 0 aromatic rings. The number of carbonyl (C=O) groups is 1. The second-order valence-electron chi connectivity index (χ2n) is 5.59. The summed E-state index contributed by atoms with van der Waals surface area (Å²) in [6.45, 7) is 10.7. The Bertz CT molecular complexity index is 201. The van der Waals surface area contributed by atoms with Gasteiger partial charge in [0.2, 0.25) is 0 Å². The Labute approximate surface area is 75.5 Å². The highest BCUT2D eigenvalue weighted by atomic mass is 16.1. The molecule has 0 aromatic heterocycles. The van der Waals surface area contributed by atoms with Crippen molar-refractivity contribution in [1.82, 2.24) is 0 Å². The van der Waals surface area contributed by atoms with Gasteiger partial charge in [-0.3, -0.25) is 4.79 Å². The Morgan fingerprint density at radius 3 is 2.17 bits per heavy atom. The van der Waals surface area contributed by atoms with Gasteiger partial charge in [-0.05, 0) is 17.8 Å². The average Bonchev–Trinajstić information content (AvgIpc) is 1.82. The van der Waals surface area contributed by atoms with Gasteiger partial charge in [0.05, 0.1) is 0 Å². The van der Waals surface area contributed by atoms with Crippen LogP contribution in [0.1, 0.15) is 47.5 Å². The van der Waals surface area contributed by atoms with Gasteiger partial charge in [-0.2, -0.15) is 0 Å². The minimum Gasteiger partial charge on any atom is -0.299 e. The van der Waals surface area contributed by atoms with E-state index in [1.165, 1.54) is 6.42 Å². The van der Waals surface area contributed by atoms with Crippen molar-refractivity contribution < 1.29 is 4.79 Å². The van der Waals surface area contributed by atoms with Crippen molar-refractivity contribution in [3.63, 3.8) is 0 Å². The summed E-state index contributed by atoms with van der Waals surface area (Å²) in [6.07, 6.45) is 1.93. The summed E-state index contributed by atoms with van der Waals surface area (Å²) in [5, 5.41) is 0. The number of hydrogen-bond donors (Lipinski definition) is 0. The molecule has 1 heteroatoms. The Morgan fingerprint density at radius 1 is 1.25 bits per heavy atom. The summed E-state index contributed by atoms with van der Waals surface area (Å²) in [6, 6.07) is 0. The summed E-state index contributed by atoms with van der Waals surface area (Å²) in [4.78, 5) is 11.7. The Kier molecular flexibility index (Phi) is 2.10. The van der Waals surface area contributed by atoms with Crippen molar-refractivity contribution in [3.05, 3.63) is 0 Å². The molecule has 1 aliphatic carbocycles. The molecule has 1 unspecified atom stereocenters. The van der Waals surface area contributed by atoms with Crippen LogP contribution in [0.25, 0.3) is 0 Å². The molecule has 12 heavy (non-hydrogen) atoms. The first-order chi connectivity index (χ1) is 5.26. The van der Waals surface area contributed by atoms with E-state index in [9.17, 15) is 4.79 Å². The van der Waals surface area contributed by atoms with Crippen LogP contribution < -0.4 is 0 Å². The van der Waals surface area contributed by atoms with Crippen LogP contribution in [0.15, 0.2) is 0 Å². The van der Waals surface area contributed by atoms with Crippen LogP contribution in [0.3, 0.4) is 0 Å². The van der Waals surface area contributed by atoms with E-state index in [1.807, 2.05) is 0 Å². The van der Waals surface area contributed by atoms with Gasteiger partial charge >= 0.3 is 0 Å². The first-order valence-corrected chi connectivity index (χ1v) is 4.79. The highest BCUT2D eigenvalue weighted by Gasteiger charge is 2.43. The fraction of sp³-hybridized carbons (Fsp3) is 0.909. The number of rotatable bonds is 0. The summed E-state index contributed by atoms with van der Waals surface area (Å²) < 4.78 is 0. The predicted molar refractivity (Wildman–Crippen MR) is 51.0 cm³/mol. The Hall–Kier alpha value is -0.330. The quantitative estimate of drug-likeness (QED) is 0.543. The molecule has 0 saturated heterocycles.